The van der Waals surface area contributed by atoms with E-state index < -0.39 is 65.9 Å². The lowest BCUT2D eigenvalue weighted by Crippen LogP contribution is -2.59. The number of nitrogens with two attached hydrogens (primary N) is 3. The average molecular weight is 649 g/mol. The molecule has 1 aliphatic rings. The number of nitrogens with zero attached hydrogens (tertiary/aromatic N) is 2. The highest BCUT2D eigenvalue weighted by Gasteiger charge is 2.40. The number of aliphatic hydroxyl groups is 1. The van der Waals surface area contributed by atoms with Gasteiger partial charge in [-0.1, -0.05) is 26.0 Å². The normalized spacial score (nSPS) is 17.7. The van der Waals surface area contributed by atoms with Crippen LogP contribution in [0.25, 0.3) is 0 Å². The number of carbonyl (C=O) groups is 5. The summed E-state index contributed by atoms with van der Waals surface area (Å²) in [5.41, 5.74) is 17.3. The predicted octanol–water partition coefficient (Wildman–Crippen LogP) is -1.73. The number of hydrogen-bond donors (Lipinski definition) is 9. The number of carbonyl (C=O) groups excluding carboxylic acids is 4. The molecule has 1 aliphatic heterocycles. The fraction of sp³-hybridized carbons (Fsp3) is 0.600. The maximum absolute atomic E-state index is 13.8. The molecule has 1 aromatic rings. The zero-order valence-corrected chi connectivity index (χ0v) is 26.5. The van der Waals surface area contributed by atoms with Crippen LogP contribution >= 0.6 is 0 Å². The molecule has 1 aromatic carbocycles. The minimum Gasteiger partial charge on any atom is -0.508 e. The molecule has 16 nitrogen and oxygen atoms in total. The van der Waals surface area contributed by atoms with E-state index in [-0.39, 0.29) is 56.4 Å². The second-order valence-electron chi connectivity index (χ2n) is 11.9. The van der Waals surface area contributed by atoms with Crippen molar-refractivity contribution in [3.8, 4) is 5.75 Å². The first-order valence-corrected chi connectivity index (χ1v) is 15.3. The molecule has 16 heteroatoms. The smallest absolute Gasteiger partial charge is 0.328 e. The van der Waals surface area contributed by atoms with Crippen LogP contribution in [0.15, 0.2) is 29.3 Å². The molecule has 2 rings (SSSR count). The molecule has 1 heterocycles. The molecule has 12 N–H and O–H groups in total. The Hall–Kier alpha value is -4.44. The Kier molecular flexibility index (Phi) is 14.7. The molecule has 0 saturated carbocycles. The van der Waals surface area contributed by atoms with Gasteiger partial charge in [0.25, 0.3) is 0 Å². The van der Waals surface area contributed by atoms with Crippen LogP contribution in [0.2, 0.25) is 0 Å². The third-order valence-corrected chi connectivity index (χ3v) is 7.52. The van der Waals surface area contributed by atoms with Crippen LogP contribution in [0.5, 0.6) is 5.75 Å². The van der Waals surface area contributed by atoms with E-state index in [0.29, 0.717) is 18.4 Å². The number of aliphatic carboxylic acids is 1. The molecule has 0 bridgehead atoms. The number of phenolic OH excluding ortho intramolecular Hbond substituents is 1. The Bertz CT molecular complexity index is 1240. The van der Waals surface area contributed by atoms with E-state index in [4.69, 9.17) is 17.2 Å². The first kappa shape index (κ1) is 37.7. The van der Waals surface area contributed by atoms with Gasteiger partial charge in [0.1, 0.15) is 23.9 Å². The number of phenols is 1. The lowest BCUT2D eigenvalue weighted by Gasteiger charge is -2.31. The maximum atomic E-state index is 13.8. The van der Waals surface area contributed by atoms with Crippen LogP contribution in [0.3, 0.4) is 0 Å². The lowest BCUT2D eigenvalue weighted by molar-refractivity contribution is -0.147. The van der Waals surface area contributed by atoms with Gasteiger partial charge in [-0.25, -0.2) is 4.79 Å². The first-order valence-electron chi connectivity index (χ1n) is 15.3. The van der Waals surface area contributed by atoms with Crippen molar-refractivity contribution in [1.82, 2.24) is 20.9 Å². The number of aliphatic imine (C=N–C) groups is 1. The van der Waals surface area contributed by atoms with Gasteiger partial charge in [-0.2, -0.15) is 0 Å². The molecule has 256 valence electrons. The van der Waals surface area contributed by atoms with Crippen LogP contribution in [-0.4, -0.2) is 105 Å². The Morgan fingerprint density at radius 2 is 1.63 bits per heavy atom. The topological polar surface area (TPSA) is 276 Å². The number of likely N-dealkylation sites (tertiary alicyclic amines) is 1. The summed E-state index contributed by atoms with van der Waals surface area (Å²) in [5.74, 6) is -4.05. The fourth-order valence-corrected chi connectivity index (χ4v) is 5.11. The van der Waals surface area contributed by atoms with Crippen molar-refractivity contribution in [3.63, 3.8) is 0 Å². The largest absolute Gasteiger partial charge is 0.508 e. The van der Waals surface area contributed by atoms with Crippen molar-refractivity contribution in [3.05, 3.63) is 29.8 Å². The van der Waals surface area contributed by atoms with E-state index in [9.17, 15) is 39.3 Å². The van der Waals surface area contributed by atoms with Crippen LogP contribution in [0.4, 0.5) is 0 Å². The standard InChI is InChI=1S/C30H48N8O8/c1-16(2)14-22(28(44)38-13-5-7-23(38)27(43)37-24(17(3)39)29(45)46)36-26(42)21(15-18-8-10-19(40)11-9-18)35-25(41)20(31)6-4-12-34-30(32)33/h8-11,16-17,20-24,39-40H,4-7,12-15,31H2,1-3H3,(H,35,41)(H,36,42)(H,37,43)(H,45,46)(H4,32,33,34)/t17-,20+,21+,22-,23-,24+/m1/s1. The second-order valence-corrected chi connectivity index (χ2v) is 11.9. The van der Waals surface area contributed by atoms with Gasteiger partial charge in [0.15, 0.2) is 12.0 Å². The summed E-state index contributed by atoms with van der Waals surface area (Å²) >= 11 is 0. The Labute approximate surface area is 268 Å². The Morgan fingerprint density at radius 3 is 2.20 bits per heavy atom. The highest BCUT2D eigenvalue weighted by molar-refractivity contribution is 5.96. The summed E-state index contributed by atoms with van der Waals surface area (Å²) in [5, 5.41) is 36.6. The molecule has 0 unspecified atom stereocenters. The highest BCUT2D eigenvalue weighted by atomic mass is 16.4. The SMILES string of the molecule is CC(C)C[C@@H](NC(=O)[C@H](Cc1ccc(O)cc1)NC(=O)[C@@H](N)CCCN=C(N)N)C(=O)N1CCC[C@@H]1C(=O)N[C@H](C(=O)O)[C@@H](C)O. The third kappa shape index (κ3) is 11.8. The van der Waals surface area contributed by atoms with Crippen molar-refractivity contribution >= 4 is 35.6 Å². The molecule has 4 amide bonds. The van der Waals surface area contributed by atoms with Gasteiger partial charge in [-0.15, -0.1) is 0 Å². The minimum absolute atomic E-state index is 0.0197. The lowest BCUT2D eigenvalue weighted by atomic mass is 10.00. The van der Waals surface area contributed by atoms with Gasteiger partial charge in [0.05, 0.1) is 12.1 Å². The number of rotatable bonds is 17. The van der Waals surface area contributed by atoms with E-state index >= 15 is 0 Å². The van der Waals surface area contributed by atoms with E-state index in [2.05, 4.69) is 20.9 Å². The monoisotopic (exact) mass is 648 g/mol. The van der Waals surface area contributed by atoms with Gasteiger partial charge < -0.3 is 53.4 Å². The first-order chi connectivity index (χ1) is 21.6. The quantitative estimate of drug-likeness (QED) is 0.0520. The molecule has 0 aliphatic carbocycles. The van der Waals surface area contributed by atoms with Gasteiger partial charge in [-0.05, 0) is 62.6 Å². The number of nitrogens with one attached hydrogen (secondary N) is 3. The Balaban J connectivity index is 2.25. The molecular weight excluding hydrogens is 600 g/mol. The van der Waals surface area contributed by atoms with Crippen LogP contribution in [-0.2, 0) is 30.4 Å². The molecule has 0 spiro atoms. The molecule has 1 fully saturated rings. The summed E-state index contributed by atoms with van der Waals surface area (Å²) in [6.07, 6.45) is 0.261. The van der Waals surface area contributed by atoms with E-state index in [1.807, 2.05) is 13.8 Å². The molecule has 46 heavy (non-hydrogen) atoms. The van der Waals surface area contributed by atoms with Crippen molar-refractivity contribution < 1.29 is 39.3 Å². The number of aromatic hydroxyl groups is 1. The zero-order valence-electron chi connectivity index (χ0n) is 26.5. The van der Waals surface area contributed by atoms with E-state index in [0.717, 1.165) is 0 Å². The van der Waals surface area contributed by atoms with Crippen molar-refractivity contribution in [2.45, 2.75) is 95.6 Å². The summed E-state index contributed by atoms with van der Waals surface area (Å²) in [6.45, 7) is 5.43. The zero-order chi connectivity index (χ0) is 34.6. The summed E-state index contributed by atoms with van der Waals surface area (Å²) < 4.78 is 0. The van der Waals surface area contributed by atoms with Crippen LogP contribution < -0.4 is 33.2 Å². The number of amides is 4. The van der Waals surface area contributed by atoms with Crippen LogP contribution in [0.1, 0.15) is 58.4 Å². The van der Waals surface area contributed by atoms with Gasteiger partial charge in [-0.3, -0.25) is 24.2 Å². The summed E-state index contributed by atoms with van der Waals surface area (Å²) in [4.78, 5) is 70.3. The second kappa shape index (κ2) is 17.9. The molecule has 0 radical (unpaired) electrons. The number of benzene rings is 1. The van der Waals surface area contributed by atoms with Crippen LogP contribution in [0, 0.1) is 5.92 Å². The van der Waals surface area contributed by atoms with Gasteiger partial charge in [0.2, 0.25) is 23.6 Å². The van der Waals surface area contributed by atoms with Crippen molar-refractivity contribution in [2.75, 3.05) is 13.1 Å². The molecular formula is C30H48N8O8. The van der Waals surface area contributed by atoms with Gasteiger partial charge >= 0.3 is 5.97 Å². The van der Waals surface area contributed by atoms with E-state index in [1.165, 1.54) is 24.0 Å². The third-order valence-electron chi connectivity index (χ3n) is 7.52. The number of aliphatic hydroxyl groups excluding tert-OH is 1. The van der Waals surface area contributed by atoms with Gasteiger partial charge in [0, 0.05) is 19.5 Å². The Morgan fingerprint density at radius 1 is 1.00 bits per heavy atom. The highest BCUT2D eigenvalue weighted by Crippen LogP contribution is 2.21. The maximum Gasteiger partial charge on any atom is 0.328 e. The predicted molar refractivity (Wildman–Crippen MR) is 169 cm³/mol. The number of carboxylic acid groups (broad SMARTS) is 1. The van der Waals surface area contributed by atoms with Crippen molar-refractivity contribution in [1.29, 1.82) is 0 Å². The number of carboxylic acids is 1. The minimum atomic E-state index is -1.56. The van der Waals surface area contributed by atoms with E-state index in [1.54, 1.807) is 12.1 Å². The van der Waals surface area contributed by atoms with Crippen molar-refractivity contribution in [2.24, 2.45) is 28.1 Å². The summed E-state index contributed by atoms with van der Waals surface area (Å²) in [7, 11) is 0. The number of hydrogen-bond acceptors (Lipinski definition) is 9. The fourth-order valence-electron chi connectivity index (χ4n) is 5.11. The molecule has 6 atom stereocenters. The molecule has 1 saturated heterocycles. The molecule has 0 aromatic heterocycles. The summed E-state index contributed by atoms with van der Waals surface area (Å²) in [6, 6.07) is 0.330. The average Bonchev–Trinajstić information content (AvgIpc) is 3.47. The number of guanidine groups is 1.